The lowest BCUT2D eigenvalue weighted by Crippen LogP contribution is -2.29. The van der Waals surface area contributed by atoms with E-state index in [2.05, 4.69) is 16.9 Å². The van der Waals surface area contributed by atoms with Crippen molar-refractivity contribution in [3.63, 3.8) is 0 Å². The summed E-state index contributed by atoms with van der Waals surface area (Å²) in [6.07, 6.45) is 6.41. The van der Waals surface area contributed by atoms with Gasteiger partial charge >= 0.3 is 0 Å². The highest BCUT2D eigenvalue weighted by Crippen LogP contribution is 2.03. The van der Waals surface area contributed by atoms with Crippen LogP contribution in [0.1, 0.15) is 25.7 Å². The van der Waals surface area contributed by atoms with E-state index in [9.17, 15) is 0 Å². The van der Waals surface area contributed by atoms with Crippen LogP contribution in [0.15, 0.2) is 17.6 Å². The smallest absolute Gasteiger partial charge is 0.0963 e. The van der Waals surface area contributed by atoms with Crippen molar-refractivity contribution in [2.75, 3.05) is 26.3 Å². The summed E-state index contributed by atoms with van der Waals surface area (Å²) in [5, 5.41) is 3.30. The summed E-state index contributed by atoms with van der Waals surface area (Å²) in [7, 11) is 0. The normalized spacial score (nSPS) is 16.1. The molecular formula is C11H20N2O. The van der Waals surface area contributed by atoms with E-state index in [1.807, 2.05) is 6.08 Å². The molecular weight excluding hydrogens is 176 g/mol. The Labute approximate surface area is 86.3 Å². The standard InChI is InChI=1S/C11H20N2O/c1-2-3-9-14-10-8-13-11-6-4-5-7-12-11/h2H,1,3-10H2,(H,12,13). The van der Waals surface area contributed by atoms with Crippen LogP contribution in [0.5, 0.6) is 0 Å². The molecule has 14 heavy (non-hydrogen) atoms. The minimum absolute atomic E-state index is 0.757. The molecule has 3 heteroatoms. The fourth-order valence-electron chi connectivity index (χ4n) is 1.38. The molecule has 0 aromatic carbocycles. The zero-order valence-corrected chi connectivity index (χ0v) is 8.80. The van der Waals surface area contributed by atoms with Gasteiger partial charge < -0.3 is 10.1 Å². The van der Waals surface area contributed by atoms with E-state index >= 15 is 0 Å². The van der Waals surface area contributed by atoms with E-state index in [0.717, 1.165) is 45.0 Å². The molecule has 1 heterocycles. The summed E-state index contributed by atoms with van der Waals surface area (Å²) in [5.74, 6) is 1.16. The van der Waals surface area contributed by atoms with E-state index in [-0.39, 0.29) is 0 Å². The van der Waals surface area contributed by atoms with Crippen molar-refractivity contribution in [2.45, 2.75) is 25.7 Å². The maximum atomic E-state index is 5.38. The summed E-state index contributed by atoms with van der Waals surface area (Å²) in [4.78, 5) is 4.40. The van der Waals surface area contributed by atoms with Gasteiger partial charge in [0.1, 0.15) is 0 Å². The average molecular weight is 196 g/mol. The molecule has 3 nitrogen and oxygen atoms in total. The van der Waals surface area contributed by atoms with Gasteiger partial charge in [-0.2, -0.15) is 0 Å². The van der Waals surface area contributed by atoms with Crippen molar-refractivity contribution in [3.8, 4) is 0 Å². The molecule has 1 rings (SSSR count). The van der Waals surface area contributed by atoms with E-state index in [1.54, 1.807) is 0 Å². The molecule has 0 aromatic heterocycles. The van der Waals surface area contributed by atoms with E-state index in [0.29, 0.717) is 0 Å². The van der Waals surface area contributed by atoms with Crippen molar-refractivity contribution in [3.05, 3.63) is 12.7 Å². The van der Waals surface area contributed by atoms with Crippen molar-refractivity contribution in [2.24, 2.45) is 4.99 Å². The first-order valence-electron chi connectivity index (χ1n) is 5.39. The Morgan fingerprint density at radius 3 is 3.07 bits per heavy atom. The number of amidine groups is 1. The zero-order chi connectivity index (χ0) is 10.1. The van der Waals surface area contributed by atoms with Crippen LogP contribution in [-0.2, 0) is 4.74 Å². The second kappa shape index (κ2) is 7.56. The molecule has 1 aliphatic heterocycles. The second-order valence-electron chi connectivity index (χ2n) is 3.40. The fourth-order valence-corrected chi connectivity index (χ4v) is 1.38. The number of ether oxygens (including phenoxy) is 1. The van der Waals surface area contributed by atoms with Crippen LogP contribution in [0.25, 0.3) is 0 Å². The summed E-state index contributed by atoms with van der Waals surface area (Å²) < 4.78 is 5.38. The van der Waals surface area contributed by atoms with E-state index < -0.39 is 0 Å². The van der Waals surface area contributed by atoms with Gasteiger partial charge in [0.05, 0.1) is 19.0 Å². The molecule has 0 aromatic rings. The van der Waals surface area contributed by atoms with Crippen molar-refractivity contribution < 1.29 is 4.74 Å². The third-order valence-electron chi connectivity index (χ3n) is 2.17. The molecule has 1 aliphatic rings. The Hall–Kier alpha value is -0.830. The maximum Gasteiger partial charge on any atom is 0.0963 e. The van der Waals surface area contributed by atoms with Gasteiger partial charge in [0, 0.05) is 19.5 Å². The van der Waals surface area contributed by atoms with Crippen molar-refractivity contribution >= 4 is 5.84 Å². The molecule has 0 radical (unpaired) electrons. The number of rotatable bonds is 6. The number of hydrogen-bond acceptors (Lipinski definition) is 3. The summed E-state index contributed by atoms with van der Waals surface area (Å²) in [6.45, 7) is 7.03. The first-order chi connectivity index (χ1) is 6.93. The van der Waals surface area contributed by atoms with Gasteiger partial charge in [-0.15, -0.1) is 6.58 Å². The molecule has 0 saturated carbocycles. The predicted octanol–water partition coefficient (Wildman–Crippen LogP) is 1.75. The molecule has 80 valence electrons. The largest absolute Gasteiger partial charge is 0.379 e. The van der Waals surface area contributed by atoms with Crippen LogP contribution in [0.3, 0.4) is 0 Å². The Balaban J connectivity index is 1.92. The van der Waals surface area contributed by atoms with Gasteiger partial charge in [-0.05, 0) is 19.3 Å². The Morgan fingerprint density at radius 1 is 1.43 bits per heavy atom. The van der Waals surface area contributed by atoms with Gasteiger partial charge in [-0.1, -0.05) is 6.08 Å². The first kappa shape index (κ1) is 11.2. The Bertz CT molecular complexity index is 190. The minimum Gasteiger partial charge on any atom is -0.379 e. The highest BCUT2D eigenvalue weighted by atomic mass is 16.5. The van der Waals surface area contributed by atoms with Crippen LogP contribution >= 0.6 is 0 Å². The molecule has 0 atom stereocenters. The van der Waals surface area contributed by atoms with Gasteiger partial charge in [-0.25, -0.2) is 0 Å². The Morgan fingerprint density at radius 2 is 2.36 bits per heavy atom. The highest BCUT2D eigenvalue weighted by Gasteiger charge is 2.02. The quantitative estimate of drug-likeness (QED) is 0.518. The summed E-state index contributed by atoms with van der Waals surface area (Å²) in [6, 6.07) is 0. The lowest BCUT2D eigenvalue weighted by molar-refractivity contribution is 0.143. The van der Waals surface area contributed by atoms with Gasteiger partial charge in [0.25, 0.3) is 0 Å². The zero-order valence-electron chi connectivity index (χ0n) is 8.80. The average Bonchev–Trinajstić information content (AvgIpc) is 2.25. The fraction of sp³-hybridized carbons (Fsp3) is 0.727. The van der Waals surface area contributed by atoms with Gasteiger partial charge in [0.15, 0.2) is 0 Å². The number of nitrogens with zero attached hydrogens (tertiary/aromatic N) is 1. The molecule has 0 fully saturated rings. The summed E-state index contributed by atoms with van der Waals surface area (Å²) in [5.41, 5.74) is 0. The Kier molecular flexibility index (Phi) is 6.07. The summed E-state index contributed by atoms with van der Waals surface area (Å²) >= 11 is 0. The maximum absolute atomic E-state index is 5.38. The first-order valence-corrected chi connectivity index (χ1v) is 5.39. The molecule has 0 bridgehead atoms. The van der Waals surface area contributed by atoms with Crippen LogP contribution in [0, 0.1) is 0 Å². The molecule has 0 spiro atoms. The molecule has 0 unspecified atom stereocenters. The monoisotopic (exact) mass is 196 g/mol. The molecule has 0 aliphatic carbocycles. The van der Waals surface area contributed by atoms with E-state index in [1.165, 1.54) is 12.8 Å². The third-order valence-corrected chi connectivity index (χ3v) is 2.17. The van der Waals surface area contributed by atoms with Crippen LogP contribution in [-0.4, -0.2) is 32.1 Å². The lowest BCUT2D eigenvalue weighted by Gasteiger charge is -2.13. The van der Waals surface area contributed by atoms with Crippen molar-refractivity contribution in [1.29, 1.82) is 0 Å². The topological polar surface area (TPSA) is 33.6 Å². The third kappa shape index (κ3) is 5.02. The number of hydrogen-bond donors (Lipinski definition) is 1. The van der Waals surface area contributed by atoms with Crippen LogP contribution in [0.2, 0.25) is 0 Å². The minimum atomic E-state index is 0.757. The van der Waals surface area contributed by atoms with Crippen molar-refractivity contribution in [1.82, 2.24) is 5.32 Å². The molecule has 0 amide bonds. The van der Waals surface area contributed by atoms with E-state index in [4.69, 9.17) is 4.74 Å². The lowest BCUT2D eigenvalue weighted by atomic mass is 10.2. The highest BCUT2D eigenvalue weighted by molar-refractivity contribution is 5.82. The molecule has 0 saturated heterocycles. The second-order valence-corrected chi connectivity index (χ2v) is 3.40. The van der Waals surface area contributed by atoms with Gasteiger partial charge in [-0.3, -0.25) is 4.99 Å². The van der Waals surface area contributed by atoms with Gasteiger partial charge in [0.2, 0.25) is 0 Å². The number of nitrogens with one attached hydrogen (secondary N) is 1. The van der Waals surface area contributed by atoms with Crippen LogP contribution < -0.4 is 5.32 Å². The SMILES string of the molecule is C=CCCOCCNC1=NCCCC1. The number of aliphatic imine (C=N–C) groups is 1. The van der Waals surface area contributed by atoms with Crippen LogP contribution in [0.4, 0.5) is 0 Å². The predicted molar refractivity (Wildman–Crippen MR) is 59.8 cm³/mol. The molecule has 1 N–H and O–H groups in total.